The molecule has 2 amide bonds. The van der Waals surface area contributed by atoms with Crippen molar-refractivity contribution in [3.8, 4) is 11.5 Å². The van der Waals surface area contributed by atoms with E-state index in [4.69, 9.17) is 21.1 Å². The number of ether oxygens (including phenoxy) is 2. The Balaban J connectivity index is 1.87. The van der Waals surface area contributed by atoms with Crippen LogP contribution in [0.15, 0.2) is 42.5 Å². The summed E-state index contributed by atoms with van der Waals surface area (Å²) in [5.74, 6) is 0.369. The lowest BCUT2D eigenvalue weighted by atomic mass is 10.2. The maximum atomic E-state index is 12.0. The van der Waals surface area contributed by atoms with Crippen LogP contribution in [0.25, 0.3) is 0 Å². The van der Waals surface area contributed by atoms with Crippen molar-refractivity contribution < 1.29 is 19.1 Å². The van der Waals surface area contributed by atoms with Crippen molar-refractivity contribution in [3.63, 3.8) is 0 Å². The van der Waals surface area contributed by atoms with Crippen molar-refractivity contribution in [2.75, 3.05) is 24.4 Å². The maximum Gasteiger partial charge on any atom is 0.233 e. The molecule has 0 atom stereocenters. The van der Waals surface area contributed by atoms with Crippen molar-refractivity contribution in [3.05, 3.63) is 47.5 Å². The molecule has 0 aliphatic heterocycles. The van der Waals surface area contributed by atoms with Gasteiger partial charge < -0.3 is 20.1 Å². The van der Waals surface area contributed by atoms with Gasteiger partial charge in [0, 0.05) is 11.4 Å². The summed E-state index contributed by atoms with van der Waals surface area (Å²) in [7, 11) is 1.50. The molecule has 0 unspecified atom stereocenters. The summed E-state index contributed by atoms with van der Waals surface area (Å²) in [4.78, 5) is 23.9. The lowest BCUT2D eigenvalue weighted by Crippen LogP contribution is -2.21. The fraction of sp³-hybridized carbons (Fsp3) is 0.222. The monoisotopic (exact) mass is 362 g/mol. The van der Waals surface area contributed by atoms with Gasteiger partial charge in [0.05, 0.1) is 18.7 Å². The molecule has 132 valence electrons. The molecule has 0 saturated heterocycles. The van der Waals surface area contributed by atoms with Gasteiger partial charge in [0.1, 0.15) is 17.9 Å². The number of hydrogen-bond donors (Lipinski definition) is 2. The van der Waals surface area contributed by atoms with Crippen LogP contribution < -0.4 is 20.1 Å². The third-order valence-electron chi connectivity index (χ3n) is 3.21. The predicted octanol–water partition coefficient (Wildman–Crippen LogP) is 3.71. The SMILES string of the molecule is CCOc1ccc(NC(=O)CC(=O)Nc2ccc(OC)c(Cl)c2)cc1. The molecule has 0 heterocycles. The van der Waals surface area contributed by atoms with E-state index in [0.717, 1.165) is 5.75 Å². The number of halogens is 1. The summed E-state index contributed by atoms with van der Waals surface area (Å²) >= 11 is 6.00. The third kappa shape index (κ3) is 5.69. The fourth-order valence-corrected chi connectivity index (χ4v) is 2.36. The molecule has 25 heavy (non-hydrogen) atoms. The van der Waals surface area contributed by atoms with Gasteiger partial charge in [-0.25, -0.2) is 0 Å². The highest BCUT2D eigenvalue weighted by atomic mass is 35.5. The van der Waals surface area contributed by atoms with Crippen LogP contribution in [0.2, 0.25) is 5.02 Å². The summed E-state index contributed by atoms with van der Waals surface area (Å²) < 4.78 is 10.4. The van der Waals surface area contributed by atoms with Gasteiger partial charge in [-0.05, 0) is 49.4 Å². The highest BCUT2D eigenvalue weighted by Crippen LogP contribution is 2.27. The standard InChI is InChI=1S/C18H19ClN2O4/c1-3-25-14-7-4-12(5-8-14)20-17(22)11-18(23)21-13-6-9-16(24-2)15(19)10-13/h4-10H,3,11H2,1-2H3,(H,20,22)(H,21,23). The third-order valence-corrected chi connectivity index (χ3v) is 3.50. The number of rotatable bonds is 7. The Kier molecular flexibility index (Phi) is 6.65. The minimum atomic E-state index is -0.440. The van der Waals surface area contributed by atoms with Crippen molar-refractivity contribution in [2.24, 2.45) is 0 Å². The van der Waals surface area contributed by atoms with Gasteiger partial charge in [0.15, 0.2) is 0 Å². The van der Waals surface area contributed by atoms with Crippen LogP contribution >= 0.6 is 11.6 Å². The zero-order chi connectivity index (χ0) is 18.2. The first kappa shape index (κ1) is 18.6. The van der Waals surface area contributed by atoms with E-state index in [1.807, 2.05) is 6.92 Å². The molecule has 0 spiro atoms. The van der Waals surface area contributed by atoms with Crippen LogP contribution in [0.3, 0.4) is 0 Å². The first-order chi connectivity index (χ1) is 12.0. The quantitative estimate of drug-likeness (QED) is 0.736. The van der Waals surface area contributed by atoms with Crippen LogP contribution in [0.5, 0.6) is 11.5 Å². The average Bonchev–Trinajstić information content (AvgIpc) is 2.57. The number of carbonyl (C=O) groups is 2. The van der Waals surface area contributed by atoms with E-state index in [1.54, 1.807) is 42.5 Å². The van der Waals surface area contributed by atoms with Gasteiger partial charge in [0.2, 0.25) is 11.8 Å². The van der Waals surface area contributed by atoms with Crippen molar-refractivity contribution >= 4 is 34.8 Å². The second kappa shape index (κ2) is 8.94. The van der Waals surface area contributed by atoms with Gasteiger partial charge in [-0.2, -0.15) is 0 Å². The average molecular weight is 363 g/mol. The second-order valence-electron chi connectivity index (χ2n) is 5.08. The number of nitrogens with one attached hydrogen (secondary N) is 2. The summed E-state index contributed by atoms with van der Waals surface area (Å²) in [5, 5.41) is 5.65. The highest BCUT2D eigenvalue weighted by molar-refractivity contribution is 6.32. The Morgan fingerprint density at radius 2 is 1.60 bits per heavy atom. The normalized spacial score (nSPS) is 10.0. The Morgan fingerprint density at radius 1 is 1.00 bits per heavy atom. The van der Waals surface area contributed by atoms with Crippen molar-refractivity contribution in [1.29, 1.82) is 0 Å². The summed E-state index contributed by atoms with van der Waals surface area (Å²) in [6.45, 7) is 2.46. The molecule has 7 heteroatoms. The molecule has 2 aromatic carbocycles. The van der Waals surface area contributed by atoms with Crippen LogP contribution in [0.4, 0.5) is 11.4 Å². The maximum absolute atomic E-state index is 12.0. The summed E-state index contributed by atoms with van der Waals surface area (Å²) in [6, 6.07) is 11.8. The smallest absolute Gasteiger partial charge is 0.233 e. The first-order valence-electron chi connectivity index (χ1n) is 7.68. The zero-order valence-electron chi connectivity index (χ0n) is 14.0. The molecule has 2 rings (SSSR count). The molecule has 0 aromatic heterocycles. The van der Waals surface area contributed by atoms with Gasteiger partial charge in [-0.1, -0.05) is 11.6 Å². The number of amides is 2. The topological polar surface area (TPSA) is 76.7 Å². The second-order valence-corrected chi connectivity index (χ2v) is 5.49. The van der Waals surface area contributed by atoms with E-state index in [1.165, 1.54) is 7.11 Å². The Morgan fingerprint density at radius 3 is 2.16 bits per heavy atom. The highest BCUT2D eigenvalue weighted by Gasteiger charge is 2.11. The fourth-order valence-electron chi connectivity index (χ4n) is 2.10. The molecule has 0 bridgehead atoms. The molecular formula is C18H19ClN2O4. The lowest BCUT2D eigenvalue weighted by molar-refractivity contribution is -0.123. The van der Waals surface area contributed by atoms with Crippen LogP contribution in [0.1, 0.15) is 13.3 Å². The minimum absolute atomic E-state index is 0.309. The molecule has 0 radical (unpaired) electrons. The van der Waals surface area contributed by atoms with E-state index >= 15 is 0 Å². The predicted molar refractivity (Wildman–Crippen MR) is 97.5 cm³/mol. The number of carbonyl (C=O) groups excluding carboxylic acids is 2. The molecule has 0 aliphatic carbocycles. The Labute approximate surface area is 151 Å². The van der Waals surface area contributed by atoms with Crippen molar-refractivity contribution in [1.82, 2.24) is 0 Å². The molecule has 0 aliphatic rings. The molecule has 0 fully saturated rings. The van der Waals surface area contributed by atoms with Crippen LogP contribution in [-0.4, -0.2) is 25.5 Å². The van der Waals surface area contributed by atoms with Gasteiger partial charge in [-0.3, -0.25) is 9.59 Å². The van der Waals surface area contributed by atoms with E-state index < -0.39 is 11.8 Å². The molecular weight excluding hydrogens is 344 g/mol. The van der Waals surface area contributed by atoms with E-state index in [9.17, 15) is 9.59 Å². The Bertz CT molecular complexity index is 747. The molecule has 2 N–H and O–H groups in total. The van der Waals surface area contributed by atoms with E-state index in [2.05, 4.69) is 10.6 Å². The number of hydrogen-bond acceptors (Lipinski definition) is 4. The zero-order valence-corrected chi connectivity index (χ0v) is 14.7. The minimum Gasteiger partial charge on any atom is -0.495 e. The lowest BCUT2D eigenvalue weighted by Gasteiger charge is -2.09. The molecule has 6 nitrogen and oxygen atoms in total. The van der Waals surface area contributed by atoms with Crippen molar-refractivity contribution in [2.45, 2.75) is 13.3 Å². The number of methoxy groups -OCH3 is 1. The van der Waals surface area contributed by atoms with E-state index in [-0.39, 0.29) is 6.42 Å². The van der Waals surface area contributed by atoms with Gasteiger partial charge >= 0.3 is 0 Å². The number of benzene rings is 2. The van der Waals surface area contributed by atoms with Crippen LogP contribution in [-0.2, 0) is 9.59 Å². The summed E-state index contributed by atoms with van der Waals surface area (Å²) in [5.41, 5.74) is 1.08. The van der Waals surface area contributed by atoms with Gasteiger partial charge in [-0.15, -0.1) is 0 Å². The number of anilines is 2. The first-order valence-corrected chi connectivity index (χ1v) is 8.05. The molecule has 2 aromatic rings. The van der Waals surface area contributed by atoms with Gasteiger partial charge in [0.25, 0.3) is 0 Å². The van der Waals surface area contributed by atoms with E-state index in [0.29, 0.717) is 28.8 Å². The summed E-state index contributed by atoms with van der Waals surface area (Å²) in [6.07, 6.45) is -0.309. The largest absolute Gasteiger partial charge is 0.495 e. The Hall–Kier alpha value is -2.73. The molecule has 0 saturated carbocycles. The van der Waals surface area contributed by atoms with Crippen LogP contribution in [0, 0.1) is 0 Å².